The monoisotopic (exact) mass is 191 g/mol. The van der Waals surface area contributed by atoms with Gasteiger partial charge in [0, 0.05) is 24.8 Å². The standard InChI is InChI=1S/C12H17NO/c1-10-5-6-11(14-2)9-12(10)13-7-3-4-8-13/h5-6,9H,3-4,7-8H2,1-2H3. The highest BCUT2D eigenvalue weighted by Crippen LogP contribution is 2.28. The zero-order valence-electron chi connectivity index (χ0n) is 8.92. The van der Waals surface area contributed by atoms with Crippen molar-refractivity contribution in [3.05, 3.63) is 23.8 Å². The number of methoxy groups -OCH3 is 1. The molecule has 0 spiro atoms. The second kappa shape index (κ2) is 3.91. The Hall–Kier alpha value is -1.18. The topological polar surface area (TPSA) is 12.5 Å². The van der Waals surface area contributed by atoms with Crippen LogP contribution in [0.1, 0.15) is 18.4 Å². The summed E-state index contributed by atoms with van der Waals surface area (Å²) >= 11 is 0. The molecule has 0 bridgehead atoms. The van der Waals surface area contributed by atoms with Crippen molar-refractivity contribution < 1.29 is 4.74 Å². The fourth-order valence-electron chi connectivity index (χ4n) is 2.01. The third-order valence-electron chi connectivity index (χ3n) is 2.86. The van der Waals surface area contributed by atoms with Crippen molar-refractivity contribution in [3.63, 3.8) is 0 Å². The molecule has 1 aliphatic rings. The maximum atomic E-state index is 5.24. The molecule has 14 heavy (non-hydrogen) atoms. The van der Waals surface area contributed by atoms with Crippen molar-refractivity contribution in [1.82, 2.24) is 0 Å². The number of aryl methyl sites for hydroxylation is 1. The Bertz CT molecular complexity index is 316. The maximum Gasteiger partial charge on any atom is 0.120 e. The first-order valence-corrected chi connectivity index (χ1v) is 5.21. The third kappa shape index (κ3) is 1.69. The predicted octanol–water partition coefficient (Wildman–Crippen LogP) is 2.60. The molecule has 76 valence electrons. The molecule has 1 aromatic rings. The Morgan fingerprint density at radius 2 is 1.93 bits per heavy atom. The first-order chi connectivity index (χ1) is 6.81. The van der Waals surface area contributed by atoms with Crippen LogP contribution in [0.2, 0.25) is 0 Å². The summed E-state index contributed by atoms with van der Waals surface area (Å²) in [5, 5.41) is 0. The van der Waals surface area contributed by atoms with Gasteiger partial charge < -0.3 is 9.64 Å². The van der Waals surface area contributed by atoms with E-state index >= 15 is 0 Å². The van der Waals surface area contributed by atoms with Crippen LogP contribution in [-0.4, -0.2) is 20.2 Å². The summed E-state index contributed by atoms with van der Waals surface area (Å²) in [4.78, 5) is 2.44. The van der Waals surface area contributed by atoms with Crippen LogP contribution >= 0.6 is 0 Å². The highest BCUT2D eigenvalue weighted by molar-refractivity contribution is 5.57. The molecule has 0 saturated carbocycles. The lowest BCUT2D eigenvalue weighted by atomic mass is 10.2. The summed E-state index contributed by atoms with van der Waals surface area (Å²) in [6, 6.07) is 6.29. The molecule has 0 amide bonds. The molecule has 1 heterocycles. The average Bonchev–Trinajstić information content (AvgIpc) is 2.71. The summed E-state index contributed by atoms with van der Waals surface area (Å²) in [6.07, 6.45) is 2.63. The largest absolute Gasteiger partial charge is 0.497 e. The van der Waals surface area contributed by atoms with Crippen molar-refractivity contribution in [2.75, 3.05) is 25.1 Å². The maximum absolute atomic E-state index is 5.24. The van der Waals surface area contributed by atoms with Gasteiger partial charge in [0.25, 0.3) is 0 Å². The summed E-state index contributed by atoms with van der Waals surface area (Å²) in [6.45, 7) is 4.54. The van der Waals surface area contributed by atoms with Gasteiger partial charge in [-0.15, -0.1) is 0 Å². The molecule has 1 aliphatic heterocycles. The number of ether oxygens (including phenoxy) is 1. The summed E-state index contributed by atoms with van der Waals surface area (Å²) in [5.41, 5.74) is 2.68. The number of nitrogens with zero attached hydrogens (tertiary/aromatic N) is 1. The average molecular weight is 191 g/mol. The second-order valence-corrected chi connectivity index (χ2v) is 3.85. The summed E-state index contributed by atoms with van der Waals surface area (Å²) < 4.78 is 5.24. The van der Waals surface area contributed by atoms with Crippen LogP contribution in [0, 0.1) is 6.92 Å². The van der Waals surface area contributed by atoms with Gasteiger partial charge in [-0.05, 0) is 31.4 Å². The Morgan fingerprint density at radius 3 is 2.57 bits per heavy atom. The van der Waals surface area contributed by atoms with Crippen LogP contribution in [0.15, 0.2) is 18.2 Å². The first-order valence-electron chi connectivity index (χ1n) is 5.21. The Morgan fingerprint density at radius 1 is 1.21 bits per heavy atom. The van der Waals surface area contributed by atoms with Gasteiger partial charge in [0.2, 0.25) is 0 Å². The van der Waals surface area contributed by atoms with Crippen LogP contribution in [0.5, 0.6) is 5.75 Å². The Kier molecular flexibility index (Phi) is 2.62. The molecule has 1 fully saturated rings. The second-order valence-electron chi connectivity index (χ2n) is 3.85. The molecule has 2 nitrogen and oxygen atoms in total. The van der Waals surface area contributed by atoms with E-state index in [-0.39, 0.29) is 0 Å². The number of hydrogen-bond donors (Lipinski definition) is 0. The quantitative estimate of drug-likeness (QED) is 0.712. The van der Waals surface area contributed by atoms with Crippen LogP contribution in [0.25, 0.3) is 0 Å². The van der Waals surface area contributed by atoms with E-state index in [4.69, 9.17) is 4.74 Å². The Balaban J connectivity index is 2.29. The van der Waals surface area contributed by atoms with E-state index in [1.165, 1.54) is 37.2 Å². The van der Waals surface area contributed by atoms with Gasteiger partial charge in [0.1, 0.15) is 5.75 Å². The van der Waals surface area contributed by atoms with E-state index in [1.54, 1.807) is 7.11 Å². The molecule has 0 aromatic heterocycles. The Labute approximate surface area is 85.5 Å². The van der Waals surface area contributed by atoms with Crippen LogP contribution in [-0.2, 0) is 0 Å². The van der Waals surface area contributed by atoms with Gasteiger partial charge in [-0.2, -0.15) is 0 Å². The smallest absolute Gasteiger partial charge is 0.120 e. The summed E-state index contributed by atoms with van der Waals surface area (Å²) in [5.74, 6) is 0.956. The lowest BCUT2D eigenvalue weighted by molar-refractivity contribution is 0.414. The minimum Gasteiger partial charge on any atom is -0.497 e. The molecule has 2 heteroatoms. The highest BCUT2D eigenvalue weighted by Gasteiger charge is 2.14. The third-order valence-corrected chi connectivity index (χ3v) is 2.86. The van der Waals surface area contributed by atoms with Gasteiger partial charge in [-0.1, -0.05) is 6.07 Å². The van der Waals surface area contributed by atoms with Crippen molar-refractivity contribution in [2.45, 2.75) is 19.8 Å². The number of benzene rings is 1. The van der Waals surface area contributed by atoms with Crippen LogP contribution in [0.3, 0.4) is 0 Å². The van der Waals surface area contributed by atoms with Gasteiger partial charge in [-0.25, -0.2) is 0 Å². The van der Waals surface area contributed by atoms with Crippen molar-refractivity contribution >= 4 is 5.69 Å². The number of anilines is 1. The van der Waals surface area contributed by atoms with Crippen LogP contribution in [0.4, 0.5) is 5.69 Å². The normalized spacial score (nSPS) is 16.0. The van der Waals surface area contributed by atoms with Crippen LogP contribution < -0.4 is 9.64 Å². The molecule has 0 atom stereocenters. The van der Waals surface area contributed by atoms with E-state index < -0.39 is 0 Å². The highest BCUT2D eigenvalue weighted by atomic mass is 16.5. The lowest BCUT2D eigenvalue weighted by Crippen LogP contribution is -2.18. The minimum atomic E-state index is 0.956. The number of rotatable bonds is 2. The molecule has 1 saturated heterocycles. The van der Waals surface area contributed by atoms with E-state index in [9.17, 15) is 0 Å². The molecular weight excluding hydrogens is 174 g/mol. The fourth-order valence-corrected chi connectivity index (χ4v) is 2.01. The molecule has 0 aliphatic carbocycles. The van der Waals surface area contributed by atoms with E-state index in [0.717, 1.165) is 5.75 Å². The van der Waals surface area contributed by atoms with E-state index in [2.05, 4.69) is 24.0 Å². The zero-order valence-corrected chi connectivity index (χ0v) is 8.92. The van der Waals surface area contributed by atoms with Crippen molar-refractivity contribution in [2.24, 2.45) is 0 Å². The van der Waals surface area contributed by atoms with E-state index in [0.29, 0.717) is 0 Å². The van der Waals surface area contributed by atoms with E-state index in [1.807, 2.05) is 6.07 Å². The minimum absolute atomic E-state index is 0.956. The molecule has 2 rings (SSSR count). The number of hydrogen-bond acceptors (Lipinski definition) is 2. The van der Waals surface area contributed by atoms with Gasteiger partial charge in [-0.3, -0.25) is 0 Å². The van der Waals surface area contributed by atoms with Crippen molar-refractivity contribution in [1.29, 1.82) is 0 Å². The summed E-state index contributed by atoms with van der Waals surface area (Å²) in [7, 11) is 1.72. The zero-order chi connectivity index (χ0) is 9.97. The SMILES string of the molecule is COc1ccc(C)c(N2CCCC2)c1. The molecular formula is C12H17NO. The lowest BCUT2D eigenvalue weighted by Gasteiger charge is -2.20. The predicted molar refractivity (Wildman–Crippen MR) is 59.2 cm³/mol. The van der Waals surface area contributed by atoms with Gasteiger partial charge in [0.05, 0.1) is 7.11 Å². The molecule has 0 unspecified atom stereocenters. The fraction of sp³-hybridized carbons (Fsp3) is 0.500. The first kappa shape index (κ1) is 9.38. The van der Waals surface area contributed by atoms with Gasteiger partial charge in [0.15, 0.2) is 0 Å². The van der Waals surface area contributed by atoms with Crippen molar-refractivity contribution in [3.8, 4) is 5.75 Å². The van der Waals surface area contributed by atoms with Gasteiger partial charge >= 0.3 is 0 Å². The molecule has 1 aromatic carbocycles. The molecule has 0 radical (unpaired) electrons. The molecule has 0 N–H and O–H groups in total.